The Balaban J connectivity index is 2.30. The molecule has 0 saturated heterocycles. The van der Waals surface area contributed by atoms with Crippen molar-refractivity contribution in [3.8, 4) is 0 Å². The Bertz CT molecular complexity index is 321. The summed E-state index contributed by atoms with van der Waals surface area (Å²) in [5.74, 6) is -2.32. The van der Waals surface area contributed by atoms with Crippen LogP contribution in [0.5, 0.6) is 0 Å². The first-order chi connectivity index (χ1) is 7.15. The summed E-state index contributed by atoms with van der Waals surface area (Å²) in [6.07, 6.45) is 5.66. The van der Waals surface area contributed by atoms with Crippen LogP contribution in [0.2, 0.25) is 0 Å². The van der Waals surface area contributed by atoms with Gasteiger partial charge in [-0.25, -0.2) is 0 Å². The monoisotopic (exact) mass is 210 g/mol. The van der Waals surface area contributed by atoms with Gasteiger partial charge in [-0.05, 0) is 24.7 Å². The fraction of sp³-hybridized carbons (Fsp3) is 0.636. The van der Waals surface area contributed by atoms with Gasteiger partial charge in [-0.15, -0.1) is 0 Å². The maximum atomic E-state index is 11.6. The second kappa shape index (κ2) is 3.68. The average molecular weight is 210 g/mol. The molecule has 15 heavy (non-hydrogen) atoms. The van der Waals surface area contributed by atoms with Crippen LogP contribution in [0.4, 0.5) is 0 Å². The Hall–Kier alpha value is -1.32. The minimum atomic E-state index is -0.885. The summed E-state index contributed by atoms with van der Waals surface area (Å²) < 4.78 is 4.69. The summed E-state index contributed by atoms with van der Waals surface area (Å²) in [6, 6.07) is 0. The van der Waals surface area contributed by atoms with Crippen molar-refractivity contribution in [2.45, 2.75) is 12.8 Å². The number of fused-ring (bicyclic) bond motifs is 2. The van der Waals surface area contributed by atoms with Gasteiger partial charge in [0.05, 0.1) is 18.9 Å². The molecule has 3 unspecified atom stereocenters. The maximum Gasteiger partial charge on any atom is 0.310 e. The number of rotatable bonds is 2. The van der Waals surface area contributed by atoms with Crippen molar-refractivity contribution in [2.24, 2.45) is 23.7 Å². The zero-order valence-corrected chi connectivity index (χ0v) is 8.55. The molecule has 3 aliphatic carbocycles. The summed E-state index contributed by atoms with van der Waals surface area (Å²) in [6.45, 7) is 0. The van der Waals surface area contributed by atoms with Crippen LogP contribution in [0, 0.1) is 23.7 Å². The van der Waals surface area contributed by atoms with Crippen LogP contribution in [0.3, 0.4) is 0 Å². The SMILES string of the molecule is COC(=O)C1C2C=CC(CC2)[C@@H]1C(=O)O. The van der Waals surface area contributed by atoms with Gasteiger partial charge in [0.2, 0.25) is 0 Å². The lowest BCUT2D eigenvalue weighted by atomic mass is 9.62. The normalized spacial score (nSPS) is 37.7. The van der Waals surface area contributed by atoms with Gasteiger partial charge < -0.3 is 9.84 Å². The Morgan fingerprint density at radius 2 is 1.73 bits per heavy atom. The van der Waals surface area contributed by atoms with Gasteiger partial charge >= 0.3 is 11.9 Å². The van der Waals surface area contributed by atoms with Gasteiger partial charge in [0.15, 0.2) is 0 Å². The van der Waals surface area contributed by atoms with E-state index in [0.29, 0.717) is 0 Å². The van der Waals surface area contributed by atoms with E-state index < -0.39 is 17.8 Å². The molecule has 0 spiro atoms. The molecule has 0 aliphatic heterocycles. The van der Waals surface area contributed by atoms with E-state index in [2.05, 4.69) is 4.74 Å². The molecule has 0 amide bonds. The van der Waals surface area contributed by atoms with Crippen molar-refractivity contribution in [3.63, 3.8) is 0 Å². The van der Waals surface area contributed by atoms with E-state index in [1.54, 1.807) is 0 Å². The summed E-state index contributed by atoms with van der Waals surface area (Å²) in [5.41, 5.74) is 0. The molecule has 0 aromatic carbocycles. The molecule has 3 rings (SSSR count). The number of methoxy groups -OCH3 is 1. The van der Waals surface area contributed by atoms with Crippen molar-refractivity contribution in [1.82, 2.24) is 0 Å². The number of aliphatic carboxylic acids is 1. The number of esters is 1. The summed E-state index contributed by atoms with van der Waals surface area (Å²) in [5, 5.41) is 9.13. The molecule has 0 aromatic rings. The first kappa shape index (κ1) is 10.2. The summed E-state index contributed by atoms with van der Waals surface area (Å²) in [4.78, 5) is 22.7. The number of ether oxygens (including phenoxy) is 1. The Labute approximate surface area is 87.9 Å². The van der Waals surface area contributed by atoms with E-state index in [-0.39, 0.29) is 17.8 Å². The van der Waals surface area contributed by atoms with Gasteiger partial charge in [-0.2, -0.15) is 0 Å². The molecule has 4 nitrogen and oxygen atoms in total. The standard InChI is InChI=1S/C11H14O4/c1-15-11(14)9-7-4-2-6(3-5-7)8(9)10(12)13/h2,4,6-9H,3,5H2,1H3,(H,12,13)/t6?,7?,8-,9?/m0/s1. The van der Waals surface area contributed by atoms with Crippen LogP contribution in [0.25, 0.3) is 0 Å². The van der Waals surface area contributed by atoms with E-state index in [0.717, 1.165) is 12.8 Å². The second-order valence-electron chi connectivity index (χ2n) is 4.20. The van der Waals surface area contributed by atoms with E-state index in [4.69, 9.17) is 5.11 Å². The molecule has 0 heterocycles. The van der Waals surface area contributed by atoms with Crippen molar-refractivity contribution < 1.29 is 19.4 Å². The lowest BCUT2D eigenvalue weighted by Gasteiger charge is -2.41. The lowest BCUT2D eigenvalue weighted by molar-refractivity contribution is -0.162. The number of carbonyl (C=O) groups excluding carboxylic acids is 1. The van der Waals surface area contributed by atoms with E-state index in [1.807, 2.05) is 12.2 Å². The molecule has 0 aromatic heterocycles. The predicted molar refractivity (Wildman–Crippen MR) is 52.0 cm³/mol. The molecule has 3 aliphatic rings. The number of carboxylic acids is 1. The number of carbonyl (C=O) groups is 2. The number of hydrogen-bond acceptors (Lipinski definition) is 3. The minimum absolute atomic E-state index is 0.00315. The fourth-order valence-electron chi connectivity index (χ4n) is 2.79. The van der Waals surface area contributed by atoms with Crippen LogP contribution >= 0.6 is 0 Å². The second-order valence-corrected chi connectivity index (χ2v) is 4.20. The molecule has 4 atom stereocenters. The van der Waals surface area contributed by atoms with Crippen LogP contribution in [0.1, 0.15) is 12.8 Å². The van der Waals surface area contributed by atoms with E-state index >= 15 is 0 Å². The first-order valence-corrected chi connectivity index (χ1v) is 5.14. The molecule has 0 radical (unpaired) electrons. The smallest absolute Gasteiger partial charge is 0.310 e. The zero-order valence-electron chi connectivity index (χ0n) is 8.55. The third-order valence-electron chi connectivity index (χ3n) is 3.51. The average Bonchev–Trinajstić information content (AvgIpc) is 2.28. The van der Waals surface area contributed by atoms with Crippen molar-refractivity contribution in [1.29, 1.82) is 0 Å². The molecular weight excluding hydrogens is 196 g/mol. The van der Waals surface area contributed by atoms with Gasteiger partial charge in [0.25, 0.3) is 0 Å². The van der Waals surface area contributed by atoms with Crippen molar-refractivity contribution in [3.05, 3.63) is 12.2 Å². The Morgan fingerprint density at radius 3 is 2.13 bits per heavy atom. The van der Waals surface area contributed by atoms with Crippen LogP contribution in [0.15, 0.2) is 12.2 Å². The highest BCUT2D eigenvalue weighted by atomic mass is 16.5. The minimum Gasteiger partial charge on any atom is -0.481 e. The van der Waals surface area contributed by atoms with Gasteiger partial charge in [-0.1, -0.05) is 12.2 Å². The molecular formula is C11H14O4. The Kier molecular flexibility index (Phi) is 2.50. The molecule has 82 valence electrons. The highest BCUT2D eigenvalue weighted by Crippen LogP contribution is 2.45. The predicted octanol–water partition coefficient (Wildman–Crippen LogP) is 1.07. The van der Waals surface area contributed by atoms with Gasteiger partial charge in [0, 0.05) is 0 Å². The lowest BCUT2D eigenvalue weighted by Crippen LogP contribution is -2.45. The fourth-order valence-corrected chi connectivity index (χ4v) is 2.79. The topological polar surface area (TPSA) is 63.6 Å². The largest absolute Gasteiger partial charge is 0.481 e. The number of hydrogen-bond donors (Lipinski definition) is 1. The molecule has 1 fully saturated rings. The number of allylic oxidation sites excluding steroid dienone is 2. The zero-order chi connectivity index (χ0) is 11.0. The molecule has 1 N–H and O–H groups in total. The number of carboxylic acid groups (broad SMARTS) is 1. The summed E-state index contributed by atoms with van der Waals surface area (Å²) in [7, 11) is 1.31. The molecule has 4 heteroatoms. The van der Waals surface area contributed by atoms with E-state index in [9.17, 15) is 9.59 Å². The van der Waals surface area contributed by atoms with Crippen LogP contribution < -0.4 is 0 Å². The van der Waals surface area contributed by atoms with Crippen LogP contribution in [-0.4, -0.2) is 24.2 Å². The van der Waals surface area contributed by atoms with Crippen LogP contribution in [-0.2, 0) is 14.3 Å². The third kappa shape index (κ3) is 1.54. The van der Waals surface area contributed by atoms with E-state index in [1.165, 1.54) is 7.11 Å². The molecule has 2 bridgehead atoms. The third-order valence-corrected chi connectivity index (χ3v) is 3.51. The summed E-state index contributed by atoms with van der Waals surface area (Å²) >= 11 is 0. The van der Waals surface area contributed by atoms with Gasteiger partial charge in [0.1, 0.15) is 0 Å². The van der Waals surface area contributed by atoms with Crippen molar-refractivity contribution >= 4 is 11.9 Å². The first-order valence-electron chi connectivity index (χ1n) is 5.14. The molecule has 1 saturated carbocycles. The van der Waals surface area contributed by atoms with Crippen molar-refractivity contribution in [2.75, 3.05) is 7.11 Å². The maximum absolute atomic E-state index is 11.6. The highest BCUT2D eigenvalue weighted by Gasteiger charge is 2.48. The van der Waals surface area contributed by atoms with Gasteiger partial charge in [-0.3, -0.25) is 9.59 Å². The quantitative estimate of drug-likeness (QED) is 0.547. The Morgan fingerprint density at radius 1 is 1.20 bits per heavy atom. The highest BCUT2D eigenvalue weighted by molar-refractivity contribution is 5.82.